The lowest BCUT2D eigenvalue weighted by Gasteiger charge is -2.24. The van der Waals surface area contributed by atoms with E-state index in [9.17, 15) is 104 Å². The molecule has 94 heavy (non-hydrogen) atoms. The van der Waals surface area contributed by atoms with Gasteiger partial charge in [0.05, 0.1) is 157 Å². The number of hydrogen-bond donors (Lipinski definition) is 4. The molecule has 6 aromatic heterocycles. The van der Waals surface area contributed by atoms with E-state index in [0.717, 1.165) is 36.4 Å². The third kappa shape index (κ3) is 14.7. The van der Waals surface area contributed by atoms with Crippen molar-refractivity contribution in [2.75, 3.05) is 79.2 Å². The average Bonchev–Trinajstić information content (AvgIpc) is 1.60. The maximum Gasteiger partial charge on any atom is 0.267 e. The maximum absolute atomic E-state index is 13.4. The van der Waals surface area contributed by atoms with Crippen molar-refractivity contribution < 1.29 is 93.2 Å². The van der Waals surface area contributed by atoms with Gasteiger partial charge in [0.25, 0.3) is 98.0 Å². The Kier molecular flexibility index (Phi) is 21.5. The van der Waals surface area contributed by atoms with Gasteiger partial charge in [0.15, 0.2) is 0 Å². The number of rotatable bonds is 36. The SMILES string of the molecule is O=c1c2cc3c(=O)n(CCOP(=O)([O-])OCCn4c(=O)c5cc6c(=O)n(CCOP(=O)([O-])OCC(CO)CNF)c(=O)c6cc5c4=O)c(=O)c3cc2c(=O)n1CCOP(=O)([O-])OCCn1c(=O)c2cc3c(=O)n(CCOP(=O)([O-])OCC(CO)CNF)c(=O)c3cc2c1=O. The minimum atomic E-state index is -5.34. The molecule has 9 aromatic rings. The zero-order valence-corrected chi connectivity index (χ0v) is 51.5. The van der Waals surface area contributed by atoms with Crippen LogP contribution in [0.3, 0.4) is 0 Å². The maximum atomic E-state index is 13.4. The molecular weight excluding hydrogens is 1350 g/mol. The second-order valence-corrected chi connectivity index (χ2v) is 26.2. The van der Waals surface area contributed by atoms with E-state index in [4.69, 9.17) is 28.3 Å². The molecule has 0 amide bonds. The minimum Gasteiger partial charge on any atom is -0.756 e. The number of aliphatic hydroxyl groups is 2. The van der Waals surface area contributed by atoms with Gasteiger partial charge in [0.2, 0.25) is 0 Å². The summed E-state index contributed by atoms with van der Waals surface area (Å²) in [7, 11) is -20.8. The van der Waals surface area contributed by atoms with Gasteiger partial charge < -0.3 is 66.0 Å². The van der Waals surface area contributed by atoms with Gasteiger partial charge in [-0.05, 0) is 36.4 Å². The molecule has 0 saturated carbocycles. The van der Waals surface area contributed by atoms with E-state index in [1.54, 1.807) is 0 Å². The van der Waals surface area contributed by atoms with Crippen LogP contribution in [0.5, 0.6) is 0 Å². The van der Waals surface area contributed by atoms with E-state index in [1.165, 1.54) is 11.1 Å². The zero-order chi connectivity index (χ0) is 68.5. The Hall–Kier alpha value is -7.36. The fourth-order valence-electron chi connectivity index (χ4n) is 10.0. The molecular formula is C50H48F2N8O30P4-4. The lowest BCUT2D eigenvalue weighted by Crippen LogP contribution is -2.29. The molecule has 6 atom stereocenters. The topological polar surface area (TPSA) is 533 Å². The van der Waals surface area contributed by atoms with Crippen molar-refractivity contribution in [3.05, 3.63) is 161 Å². The van der Waals surface area contributed by atoms with Crippen LogP contribution in [0.2, 0.25) is 0 Å². The van der Waals surface area contributed by atoms with Crippen LogP contribution in [-0.4, -0.2) is 117 Å². The molecule has 9 rings (SSSR count). The summed E-state index contributed by atoms with van der Waals surface area (Å²) in [6.45, 7) is -13.0. The first kappa shape index (κ1) is 70.9. The van der Waals surface area contributed by atoms with Crippen LogP contribution in [0.15, 0.2) is 93.9 Å². The molecule has 0 aliphatic rings. The average molecular weight is 1400 g/mol. The van der Waals surface area contributed by atoms with Gasteiger partial charge in [0, 0.05) is 38.1 Å². The lowest BCUT2D eigenvalue weighted by molar-refractivity contribution is -0.228. The lowest BCUT2D eigenvalue weighted by atomic mass is 10.1. The third-order valence-corrected chi connectivity index (χ3v) is 18.7. The molecule has 4 N–H and O–H groups in total. The molecule has 0 radical (unpaired) electrons. The van der Waals surface area contributed by atoms with Crippen molar-refractivity contribution >= 4 is 95.9 Å². The van der Waals surface area contributed by atoms with Gasteiger partial charge in [-0.15, -0.1) is 8.96 Å². The highest BCUT2D eigenvalue weighted by Crippen LogP contribution is 2.41. The highest BCUT2D eigenvalue weighted by atomic mass is 31.2. The fourth-order valence-corrected chi connectivity index (χ4v) is 12.9. The number of phosphoric acid groups is 4. The molecule has 3 aromatic carbocycles. The summed E-state index contributed by atoms with van der Waals surface area (Å²) in [6.07, 6.45) is 0. The van der Waals surface area contributed by atoms with Crippen LogP contribution in [0.1, 0.15) is 0 Å². The molecule has 6 unspecified atom stereocenters. The number of nitrogens with zero attached hydrogens (tertiary/aromatic N) is 6. The van der Waals surface area contributed by atoms with E-state index < -0.39 is 250 Å². The molecule has 0 bridgehead atoms. The van der Waals surface area contributed by atoms with Crippen LogP contribution in [-0.2, 0) is 93.7 Å². The van der Waals surface area contributed by atoms with E-state index in [1.807, 2.05) is 0 Å². The first-order valence-electron chi connectivity index (χ1n) is 27.4. The van der Waals surface area contributed by atoms with Gasteiger partial charge in [0.1, 0.15) is 0 Å². The monoisotopic (exact) mass is 1400 g/mol. The van der Waals surface area contributed by atoms with Crippen molar-refractivity contribution in [3.63, 3.8) is 0 Å². The van der Waals surface area contributed by atoms with E-state index >= 15 is 0 Å². The number of halogens is 2. The van der Waals surface area contributed by atoms with Gasteiger partial charge >= 0.3 is 0 Å². The van der Waals surface area contributed by atoms with Crippen molar-refractivity contribution in [3.8, 4) is 0 Å². The first-order chi connectivity index (χ1) is 44.4. The molecule has 44 heteroatoms. The Labute approximate surface area is 517 Å². The second kappa shape index (κ2) is 28.5. The Morgan fingerprint density at radius 3 is 0.606 bits per heavy atom. The van der Waals surface area contributed by atoms with Gasteiger partial charge in [-0.3, -0.25) is 103 Å². The summed E-state index contributed by atoms with van der Waals surface area (Å²) in [4.78, 5) is 209. The predicted molar refractivity (Wildman–Crippen MR) is 312 cm³/mol. The van der Waals surface area contributed by atoms with Crippen molar-refractivity contribution in [2.45, 2.75) is 39.3 Å². The van der Waals surface area contributed by atoms with E-state index in [0.29, 0.717) is 27.4 Å². The summed E-state index contributed by atoms with van der Waals surface area (Å²) < 4.78 is 115. The molecule has 506 valence electrons. The zero-order valence-electron chi connectivity index (χ0n) is 47.9. The largest absolute Gasteiger partial charge is 0.756 e. The predicted octanol–water partition coefficient (Wildman–Crippen LogP) is -6.06. The van der Waals surface area contributed by atoms with E-state index in [-0.39, 0.29) is 43.1 Å². The minimum absolute atomic E-state index is 0.345. The second-order valence-electron chi connectivity index (χ2n) is 20.6. The molecule has 0 aliphatic carbocycles. The van der Waals surface area contributed by atoms with Crippen LogP contribution >= 0.6 is 31.3 Å². The number of phosphoric ester groups is 4. The first-order valence-corrected chi connectivity index (χ1v) is 33.2. The Morgan fingerprint density at radius 2 is 0.468 bits per heavy atom. The summed E-state index contributed by atoms with van der Waals surface area (Å²) in [5.41, 5.74) is -9.91. The summed E-state index contributed by atoms with van der Waals surface area (Å²) in [5.74, 6) is -1.93. The fraction of sp³-hybridized carbons (Fsp3) is 0.400. The standard InChI is InChI=1S/C50H52F2N8O30P4/c51-53-19-25(21-61)23-89-93(79,80)87-11-5-59-47(71)35-15-31-32(16-36(35)48(59)72)44(68)57(43(31)67)3-9-85-91(75,76)83-7-1-55-39(63)27-13-29-30(14-28(27)40(55)64)42(66)56(41(29)65)2-8-84-92(77,78)86-10-4-58-45(69)33-17-37-38(18-34(33)46(58)70)50(74)60(49(37)73)6-12-88-94(81,82)90-24-26(22-62)20-54-52/h13-18,25-26,53-54,61-62H,1-12,19-24H2,(H,75,76)(H,77,78)(H,79,80)(H,81,82)/p-4. The highest BCUT2D eigenvalue weighted by Gasteiger charge is 2.26. The smallest absolute Gasteiger partial charge is 0.267 e. The van der Waals surface area contributed by atoms with E-state index in [2.05, 4.69) is 18.1 Å². The Bertz CT molecular complexity index is 4770. The molecule has 0 aliphatic heterocycles. The molecule has 6 heterocycles. The number of fused-ring (bicyclic) bond motifs is 6. The number of aliphatic hydroxyl groups excluding tert-OH is 2. The number of hydrogen-bond acceptors (Lipinski definition) is 32. The van der Waals surface area contributed by atoms with Gasteiger partial charge in [-0.1, -0.05) is 0 Å². The number of benzene rings is 3. The van der Waals surface area contributed by atoms with Crippen LogP contribution < -0.4 is 97.4 Å². The molecule has 0 saturated heterocycles. The normalized spacial score (nSPS) is 15.7. The number of aromatic nitrogens is 6. The summed E-state index contributed by atoms with van der Waals surface area (Å²) in [6, 6.07) is 5.58. The van der Waals surface area contributed by atoms with Crippen LogP contribution in [0, 0.1) is 11.8 Å². The highest BCUT2D eigenvalue weighted by molar-refractivity contribution is 7.46. The molecule has 0 spiro atoms. The Balaban J connectivity index is 0.761. The van der Waals surface area contributed by atoms with Crippen LogP contribution in [0.4, 0.5) is 8.96 Å². The Morgan fingerprint density at radius 1 is 0.319 bits per heavy atom. The van der Waals surface area contributed by atoms with Crippen molar-refractivity contribution in [1.82, 2.24) is 38.5 Å². The van der Waals surface area contributed by atoms with Crippen LogP contribution in [0.25, 0.3) is 64.6 Å². The number of nitrogens with one attached hydrogen (secondary N) is 2. The van der Waals surface area contributed by atoms with Gasteiger partial charge in [-0.25, -0.2) is 0 Å². The quantitative estimate of drug-likeness (QED) is 0.0210. The van der Waals surface area contributed by atoms with Gasteiger partial charge in [-0.2, -0.15) is 11.1 Å². The molecule has 0 fully saturated rings. The van der Waals surface area contributed by atoms with Crippen molar-refractivity contribution in [2.24, 2.45) is 11.8 Å². The summed E-state index contributed by atoms with van der Waals surface area (Å²) >= 11 is 0. The van der Waals surface area contributed by atoms with Crippen molar-refractivity contribution in [1.29, 1.82) is 0 Å². The molecule has 38 nitrogen and oxygen atoms in total. The third-order valence-electron chi connectivity index (χ3n) is 14.8. The summed E-state index contributed by atoms with van der Waals surface area (Å²) in [5, 5.41) is 13.9.